The molecule has 0 radical (unpaired) electrons. The highest BCUT2D eigenvalue weighted by atomic mass is 35.5. The summed E-state index contributed by atoms with van der Waals surface area (Å²) in [5, 5.41) is 15.9. The zero-order valence-corrected chi connectivity index (χ0v) is 18.7. The van der Waals surface area contributed by atoms with Gasteiger partial charge in [-0.1, -0.05) is 23.7 Å². The number of rotatable bonds is 6. The number of methoxy groups -OCH3 is 1. The third-order valence-corrected chi connectivity index (χ3v) is 5.16. The van der Waals surface area contributed by atoms with Crippen LogP contribution in [0.2, 0.25) is 5.02 Å². The van der Waals surface area contributed by atoms with Gasteiger partial charge in [-0.25, -0.2) is 4.98 Å². The second-order valence-electron chi connectivity index (χ2n) is 7.14. The summed E-state index contributed by atoms with van der Waals surface area (Å²) in [7, 11) is 1.56. The fraction of sp³-hybridized carbons (Fsp3) is 0.0400. The van der Waals surface area contributed by atoms with Crippen LogP contribution in [0.25, 0.3) is 11.3 Å². The van der Waals surface area contributed by atoms with Gasteiger partial charge >= 0.3 is 0 Å². The van der Waals surface area contributed by atoms with Gasteiger partial charge in [0.1, 0.15) is 17.4 Å². The molecule has 0 aliphatic rings. The summed E-state index contributed by atoms with van der Waals surface area (Å²) in [5.41, 5.74) is 1.77. The Bertz CT molecular complexity index is 1420. The first-order chi connectivity index (χ1) is 16.5. The van der Waals surface area contributed by atoms with Gasteiger partial charge in [0.15, 0.2) is 0 Å². The number of benzene rings is 3. The second kappa shape index (κ2) is 9.90. The van der Waals surface area contributed by atoms with E-state index in [1.54, 1.807) is 79.9 Å². The number of amides is 1. The van der Waals surface area contributed by atoms with Crippen LogP contribution in [0.5, 0.6) is 5.75 Å². The topological polar surface area (TPSA) is 120 Å². The summed E-state index contributed by atoms with van der Waals surface area (Å²) in [6.07, 6.45) is 0. The van der Waals surface area contributed by atoms with Crippen LogP contribution in [0.3, 0.4) is 0 Å². The Kier molecular flexibility index (Phi) is 6.57. The minimum absolute atomic E-state index is 0.114. The number of nitriles is 1. The Morgan fingerprint density at radius 1 is 1.00 bits per heavy atom. The van der Waals surface area contributed by atoms with E-state index in [0.717, 1.165) is 0 Å². The molecule has 34 heavy (non-hydrogen) atoms. The van der Waals surface area contributed by atoms with E-state index >= 15 is 0 Å². The number of hydrogen-bond donors (Lipinski definition) is 3. The molecular weight excluding hydrogens is 454 g/mol. The molecular formula is C25H18ClN5O3. The molecule has 1 heterocycles. The summed E-state index contributed by atoms with van der Waals surface area (Å²) < 4.78 is 5.10. The van der Waals surface area contributed by atoms with Gasteiger partial charge < -0.3 is 15.4 Å². The van der Waals surface area contributed by atoms with Gasteiger partial charge in [0, 0.05) is 27.5 Å². The molecule has 1 aromatic heterocycles. The number of ether oxygens (including phenoxy) is 1. The number of nitrogens with one attached hydrogen (secondary N) is 3. The van der Waals surface area contributed by atoms with E-state index in [1.165, 1.54) is 0 Å². The highest BCUT2D eigenvalue weighted by molar-refractivity contribution is 6.30. The van der Waals surface area contributed by atoms with Gasteiger partial charge in [0.25, 0.3) is 11.5 Å². The van der Waals surface area contributed by atoms with Crippen molar-refractivity contribution in [1.29, 1.82) is 5.26 Å². The number of aromatic amines is 1. The molecule has 0 spiro atoms. The standard InChI is InChI=1S/C25H18ClN5O3/c1-34-20-12-4-16(5-13-20)23(32)28-18-8-2-15(3-9-18)22-21(14-27)24(33)31-25(30-22)29-19-10-6-17(26)7-11-19/h2-13H,1H3,(H,28,32)(H2,29,30,31,33). The van der Waals surface area contributed by atoms with Crippen LogP contribution in [0.4, 0.5) is 17.3 Å². The molecule has 1 amide bonds. The molecule has 3 aromatic carbocycles. The summed E-state index contributed by atoms with van der Waals surface area (Å²) in [6, 6.07) is 22.2. The van der Waals surface area contributed by atoms with E-state index in [4.69, 9.17) is 16.3 Å². The van der Waals surface area contributed by atoms with Crippen molar-refractivity contribution >= 4 is 34.8 Å². The minimum atomic E-state index is -0.569. The zero-order chi connectivity index (χ0) is 24.1. The van der Waals surface area contributed by atoms with Crippen molar-refractivity contribution in [2.45, 2.75) is 0 Å². The molecule has 9 heteroatoms. The lowest BCUT2D eigenvalue weighted by molar-refractivity contribution is 0.102. The molecule has 8 nitrogen and oxygen atoms in total. The monoisotopic (exact) mass is 471 g/mol. The fourth-order valence-electron chi connectivity index (χ4n) is 3.17. The summed E-state index contributed by atoms with van der Waals surface area (Å²) in [4.78, 5) is 32.0. The van der Waals surface area contributed by atoms with Crippen LogP contribution in [0.15, 0.2) is 77.6 Å². The third kappa shape index (κ3) is 5.06. The van der Waals surface area contributed by atoms with Gasteiger partial charge in [0.2, 0.25) is 5.95 Å². The number of hydrogen-bond acceptors (Lipinski definition) is 6. The van der Waals surface area contributed by atoms with Crippen molar-refractivity contribution in [1.82, 2.24) is 9.97 Å². The maximum absolute atomic E-state index is 12.5. The van der Waals surface area contributed by atoms with E-state index in [2.05, 4.69) is 20.6 Å². The maximum atomic E-state index is 12.5. The number of halogens is 1. The average Bonchev–Trinajstić information content (AvgIpc) is 2.85. The van der Waals surface area contributed by atoms with Crippen LogP contribution in [-0.4, -0.2) is 23.0 Å². The lowest BCUT2D eigenvalue weighted by Crippen LogP contribution is -2.16. The van der Waals surface area contributed by atoms with Crippen LogP contribution in [0.1, 0.15) is 15.9 Å². The summed E-state index contributed by atoms with van der Waals surface area (Å²) in [5.74, 6) is 0.555. The smallest absolute Gasteiger partial charge is 0.270 e. The lowest BCUT2D eigenvalue weighted by Gasteiger charge is -2.10. The van der Waals surface area contributed by atoms with Crippen molar-refractivity contribution in [3.05, 3.63) is 99.3 Å². The predicted molar refractivity (Wildman–Crippen MR) is 131 cm³/mol. The van der Waals surface area contributed by atoms with E-state index in [1.807, 2.05) is 6.07 Å². The quantitative estimate of drug-likeness (QED) is 0.365. The Labute approximate surface area is 199 Å². The molecule has 4 aromatic rings. The lowest BCUT2D eigenvalue weighted by atomic mass is 10.1. The number of carbonyl (C=O) groups excluding carboxylic acids is 1. The van der Waals surface area contributed by atoms with Crippen LogP contribution < -0.4 is 20.9 Å². The van der Waals surface area contributed by atoms with Gasteiger partial charge in [-0.15, -0.1) is 0 Å². The number of nitrogens with zero attached hydrogens (tertiary/aromatic N) is 2. The first-order valence-electron chi connectivity index (χ1n) is 10.1. The summed E-state index contributed by atoms with van der Waals surface area (Å²) in [6.45, 7) is 0. The first-order valence-corrected chi connectivity index (χ1v) is 10.5. The summed E-state index contributed by atoms with van der Waals surface area (Å²) >= 11 is 5.91. The molecule has 0 fully saturated rings. The fourth-order valence-corrected chi connectivity index (χ4v) is 3.30. The molecule has 0 atom stereocenters. The van der Waals surface area contributed by atoms with E-state index in [9.17, 15) is 14.9 Å². The number of anilines is 3. The van der Waals surface area contributed by atoms with Crippen molar-refractivity contribution < 1.29 is 9.53 Å². The minimum Gasteiger partial charge on any atom is -0.497 e. The molecule has 0 unspecified atom stereocenters. The van der Waals surface area contributed by atoms with Gasteiger partial charge in [0.05, 0.1) is 12.8 Å². The normalized spacial score (nSPS) is 10.3. The Hall–Kier alpha value is -4.61. The van der Waals surface area contributed by atoms with E-state index in [0.29, 0.717) is 33.3 Å². The predicted octanol–water partition coefficient (Wildman–Crippen LogP) is 4.97. The number of aromatic nitrogens is 2. The Morgan fingerprint density at radius 3 is 2.26 bits per heavy atom. The Balaban J connectivity index is 1.57. The first kappa shape index (κ1) is 22.6. The van der Waals surface area contributed by atoms with Gasteiger partial charge in [-0.2, -0.15) is 5.26 Å². The van der Waals surface area contributed by atoms with Gasteiger partial charge in [-0.05, 0) is 60.7 Å². The molecule has 0 saturated carbocycles. The molecule has 3 N–H and O–H groups in total. The van der Waals surface area contributed by atoms with Crippen LogP contribution in [-0.2, 0) is 0 Å². The zero-order valence-electron chi connectivity index (χ0n) is 17.9. The number of H-pyrrole nitrogens is 1. The van der Waals surface area contributed by atoms with Crippen LogP contribution >= 0.6 is 11.6 Å². The van der Waals surface area contributed by atoms with E-state index < -0.39 is 5.56 Å². The Morgan fingerprint density at radius 2 is 1.65 bits per heavy atom. The molecule has 0 aliphatic heterocycles. The van der Waals surface area contributed by atoms with Crippen molar-refractivity contribution in [2.75, 3.05) is 17.7 Å². The van der Waals surface area contributed by atoms with Crippen molar-refractivity contribution in [3.8, 4) is 23.1 Å². The SMILES string of the molecule is COc1ccc(C(=O)Nc2ccc(-c3nc(Nc4ccc(Cl)cc4)[nH]c(=O)c3C#N)cc2)cc1. The molecule has 0 bridgehead atoms. The maximum Gasteiger partial charge on any atom is 0.270 e. The number of carbonyl (C=O) groups is 1. The molecule has 168 valence electrons. The van der Waals surface area contributed by atoms with Crippen molar-refractivity contribution in [2.24, 2.45) is 0 Å². The van der Waals surface area contributed by atoms with E-state index in [-0.39, 0.29) is 23.1 Å². The second-order valence-corrected chi connectivity index (χ2v) is 7.58. The third-order valence-electron chi connectivity index (χ3n) is 4.91. The molecule has 0 saturated heterocycles. The highest BCUT2D eigenvalue weighted by Gasteiger charge is 2.14. The highest BCUT2D eigenvalue weighted by Crippen LogP contribution is 2.24. The van der Waals surface area contributed by atoms with Crippen LogP contribution in [0, 0.1) is 11.3 Å². The molecule has 4 rings (SSSR count). The largest absolute Gasteiger partial charge is 0.497 e. The van der Waals surface area contributed by atoms with Crippen molar-refractivity contribution in [3.63, 3.8) is 0 Å². The average molecular weight is 472 g/mol. The molecule has 0 aliphatic carbocycles. The van der Waals surface area contributed by atoms with Gasteiger partial charge in [-0.3, -0.25) is 14.6 Å².